The summed E-state index contributed by atoms with van der Waals surface area (Å²) in [4.78, 5) is 17.2. The molecule has 0 aromatic heterocycles. The maximum atomic E-state index is 12.5. The Morgan fingerprint density at radius 1 is 1.13 bits per heavy atom. The van der Waals surface area contributed by atoms with Crippen LogP contribution in [0.25, 0.3) is 0 Å². The van der Waals surface area contributed by atoms with Crippen LogP contribution in [-0.2, 0) is 5.75 Å². The molecule has 1 aliphatic heterocycles. The quantitative estimate of drug-likeness (QED) is 0.694. The van der Waals surface area contributed by atoms with Crippen molar-refractivity contribution >= 4 is 39.4 Å². The Morgan fingerprint density at radius 3 is 2.70 bits per heavy atom. The van der Waals surface area contributed by atoms with E-state index in [0.29, 0.717) is 5.75 Å². The molecule has 2 nitrogen and oxygen atoms in total. The van der Waals surface area contributed by atoms with E-state index in [1.54, 1.807) is 23.5 Å². The van der Waals surface area contributed by atoms with Crippen molar-refractivity contribution in [1.29, 1.82) is 0 Å². The number of fused-ring (bicyclic) bond motifs is 1. The van der Waals surface area contributed by atoms with Crippen molar-refractivity contribution < 1.29 is 4.79 Å². The number of benzene rings is 2. The minimum Gasteiger partial charge on any atom is -0.293 e. The summed E-state index contributed by atoms with van der Waals surface area (Å²) < 4.78 is 0.985. The zero-order chi connectivity index (χ0) is 16.4. The highest BCUT2D eigenvalue weighted by Gasteiger charge is 2.16. The molecule has 1 heterocycles. The van der Waals surface area contributed by atoms with E-state index in [9.17, 15) is 4.79 Å². The van der Waals surface area contributed by atoms with Gasteiger partial charge in [-0.25, -0.2) is 4.99 Å². The molecule has 0 radical (unpaired) electrons. The second kappa shape index (κ2) is 6.93. The molecule has 0 saturated heterocycles. The summed E-state index contributed by atoms with van der Waals surface area (Å²) in [5.41, 5.74) is 6.59. The minimum atomic E-state index is 0.178. The molecule has 0 N–H and O–H groups in total. The third-order valence-corrected chi connectivity index (χ3v) is 6.27. The van der Waals surface area contributed by atoms with Crippen LogP contribution in [0, 0.1) is 20.8 Å². The Hall–Kier alpha value is -1.52. The Kier molecular flexibility index (Phi) is 4.93. The lowest BCUT2D eigenvalue weighted by Crippen LogP contribution is -2.08. The SMILES string of the molecule is Cc1cc(C)c(C(=O)CSC2=Nc3ccccc3CS2)cc1C. The van der Waals surface area contributed by atoms with Crippen molar-refractivity contribution in [3.8, 4) is 0 Å². The van der Waals surface area contributed by atoms with Crippen LogP contribution in [0.1, 0.15) is 32.6 Å². The molecule has 0 unspecified atom stereocenters. The fourth-order valence-electron chi connectivity index (χ4n) is 2.55. The summed E-state index contributed by atoms with van der Waals surface area (Å²) in [6, 6.07) is 12.3. The lowest BCUT2D eigenvalue weighted by atomic mass is 9.99. The van der Waals surface area contributed by atoms with Gasteiger partial charge in [-0.2, -0.15) is 0 Å². The molecule has 0 atom stereocenters. The Labute approximate surface area is 145 Å². The predicted molar refractivity (Wildman–Crippen MR) is 102 cm³/mol. The first-order valence-electron chi connectivity index (χ1n) is 7.58. The predicted octanol–water partition coefficient (Wildman–Crippen LogP) is 5.46. The molecule has 23 heavy (non-hydrogen) atoms. The van der Waals surface area contributed by atoms with E-state index in [0.717, 1.165) is 26.9 Å². The number of carbonyl (C=O) groups is 1. The van der Waals surface area contributed by atoms with Gasteiger partial charge in [-0.05, 0) is 55.2 Å². The Morgan fingerprint density at radius 2 is 1.87 bits per heavy atom. The number of Topliss-reactive ketones (excluding diaryl/α,β-unsaturated/α-hetero) is 1. The summed E-state index contributed by atoms with van der Waals surface area (Å²) in [7, 11) is 0. The van der Waals surface area contributed by atoms with Crippen molar-refractivity contribution in [3.05, 3.63) is 64.2 Å². The van der Waals surface area contributed by atoms with Crippen LogP contribution in [-0.4, -0.2) is 15.9 Å². The average molecular weight is 342 g/mol. The molecule has 2 aromatic carbocycles. The maximum Gasteiger partial charge on any atom is 0.173 e. The molecule has 118 valence electrons. The maximum absolute atomic E-state index is 12.5. The normalized spacial score (nSPS) is 13.4. The largest absolute Gasteiger partial charge is 0.293 e. The van der Waals surface area contributed by atoms with Crippen molar-refractivity contribution in [2.45, 2.75) is 26.5 Å². The third kappa shape index (κ3) is 3.70. The van der Waals surface area contributed by atoms with Gasteiger partial charge >= 0.3 is 0 Å². The zero-order valence-electron chi connectivity index (χ0n) is 13.6. The highest BCUT2D eigenvalue weighted by Crippen LogP contribution is 2.34. The van der Waals surface area contributed by atoms with Crippen LogP contribution in [0.2, 0.25) is 0 Å². The summed E-state index contributed by atoms with van der Waals surface area (Å²) >= 11 is 3.26. The Bertz CT molecular complexity index is 796. The van der Waals surface area contributed by atoms with Gasteiger partial charge in [-0.1, -0.05) is 47.8 Å². The van der Waals surface area contributed by atoms with Crippen LogP contribution in [0.4, 0.5) is 5.69 Å². The first kappa shape index (κ1) is 16.3. The monoisotopic (exact) mass is 341 g/mol. The van der Waals surface area contributed by atoms with Gasteiger partial charge in [0.15, 0.2) is 5.78 Å². The second-order valence-electron chi connectivity index (χ2n) is 5.76. The number of aliphatic imine (C=N–C) groups is 1. The van der Waals surface area contributed by atoms with Crippen LogP contribution in [0.15, 0.2) is 41.4 Å². The van der Waals surface area contributed by atoms with Gasteiger partial charge in [0.2, 0.25) is 0 Å². The number of ketones is 1. The molecular weight excluding hydrogens is 322 g/mol. The summed E-state index contributed by atoms with van der Waals surface area (Å²) in [6.07, 6.45) is 0. The van der Waals surface area contributed by atoms with Gasteiger partial charge in [-0.15, -0.1) is 0 Å². The second-order valence-corrected chi connectivity index (χ2v) is 7.94. The van der Waals surface area contributed by atoms with Gasteiger partial charge in [0, 0.05) is 11.3 Å². The van der Waals surface area contributed by atoms with Crippen LogP contribution >= 0.6 is 23.5 Å². The average Bonchev–Trinajstić information content (AvgIpc) is 2.55. The third-order valence-electron chi connectivity index (χ3n) is 4.02. The van der Waals surface area contributed by atoms with E-state index in [-0.39, 0.29) is 5.78 Å². The zero-order valence-corrected chi connectivity index (χ0v) is 15.2. The molecule has 0 aliphatic carbocycles. The number of hydrogen-bond donors (Lipinski definition) is 0. The number of hydrogen-bond acceptors (Lipinski definition) is 4. The number of carbonyl (C=O) groups excluding carboxylic acids is 1. The summed E-state index contributed by atoms with van der Waals surface area (Å²) in [5.74, 6) is 1.55. The van der Waals surface area contributed by atoms with E-state index < -0.39 is 0 Å². The standard InChI is InChI=1S/C19H19NOS2/c1-12-8-14(3)16(9-13(12)2)18(21)11-23-19-20-17-7-5-4-6-15(17)10-22-19/h4-9H,10-11H2,1-3H3. The van der Waals surface area contributed by atoms with Crippen molar-refractivity contribution in [1.82, 2.24) is 0 Å². The molecular formula is C19H19NOS2. The van der Waals surface area contributed by atoms with E-state index in [1.165, 1.54) is 16.7 Å². The first-order chi connectivity index (χ1) is 11.0. The van der Waals surface area contributed by atoms with E-state index >= 15 is 0 Å². The van der Waals surface area contributed by atoms with E-state index in [4.69, 9.17) is 0 Å². The Balaban J connectivity index is 1.71. The van der Waals surface area contributed by atoms with Gasteiger partial charge in [0.25, 0.3) is 0 Å². The number of thioether (sulfide) groups is 2. The van der Waals surface area contributed by atoms with Crippen LogP contribution < -0.4 is 0 Å². The van der Waals surface area contributed by atoms with Crippen LogP contribution in [0.3, 0.4) is 0 Å². The number of rotatable bonds is 3. The highest BCUT2D eigenvalue weighted by atomic mass is 32.2. The lowest BCUT2D eigenvalue weighted by molar-refractivity contribution is 0.102. The summed E-state index contributed by atoms with van der Waals surface area (Å²) in [5, 5.41) is 0. The minimum absolute atomic E-state index is 0.178. The lowest BCUT2D eigenvalue weighted by Gasteiger charge is -2.14. The molecule has 2 aromatic rings. The molecule has 0 spiro atoms. The van der Waals surface area contributed by atoms with E-state index in [2.05, 4.69) is 31.0 Å². The fourth-order valence-corrected chi connectivity index (χ4v) is 4.50. The number of nitrogens with zero attached hydrogens (tertiary/aromatic N) is 1. The smallest absolute Gasteiger partial charge is 0.173 e. The molecule has 0 saturated carbocycles. The molecule has 0 amide bonds. The van der Waals surface area contributed by atoms with Crippen molar-refractivity contribution in [2.75, 3.05) is 5.75 Å². The molecule has 0 fully saturated rings. The van der Waals surface area contributed by atoms with Crippen molar-refractivity contribution in [2.24, 2.45) is 4.99 Å². The molecule has 1 aliphatic rings. The molecule has 0 bridgehead atoms. The van der Waals surface area contributed by atoms with Gasteiger partial charge in [0.05, 0.1) is 11.4 Å². The van der Waals surface area contributed by atoms with Crippen molar-refractivity contribution in [3.63, 3.8) is 0 Å². The van der Waals surface area contributed by atoms with E-state index in [1.807, 2.05) is 31.2 Å². The molecule has 3 rings (SSSR count). The van der Waals surface area contributed by atoms with Gasteiger partial charge in [-0.3, -0.25) is 4.79 Å². The number of para-hydroxylation sites is 1. The van der Waals surface area contributed by atoms with Gasteiger partial charge in [0.1, 0.15) is 4.38 Å². The van der Waals surface area contributed by atoms with Gasteiger partial charge < -0.3 is 0 Å². The number of aryl methyl sites for hydroxylation is 3. The molecule has 4 heteroatoms. The summed E-state index contributed by atoms with van der Waals surface area (Å²) in [6.45, 7) is 6.14. The van der Waals surface area contributed by atoms with Crippen LogP contribution in [0.5, 0.6) is 0 Å². The fraction of sp³-hybridized carbons (Fsp3) is 0.263. The highest BCUT2D eigenvalue weighted by molar-refractivity contribution is 8.38. The first-order valence-corrected chi connectivity index (χ1v) is 9.55. The topological polar surface area (TPSA) is 29.4 Å².